The highest BCUT2D eigenvalue weighted by Crippen LogP contribution is 2.23. The fourth-order valence-corrected chi connectivity index (χ4v) is 3.86. The van der Waals surface area contributed by atoms with Crippen LogP contribution in [0.2, 0.25) is 0 Å². The van der Waals surface area contributed by atoms with Crippen LogP contribution >= 0.6 is 0 Å². The molecule has 1 fully saturated rings. The van der Waals surface area contributed by atoms with E-state index >= 15 is 0 Å². The number of nitrogens with zero attached hydrogens (tertiary/aromatic N) is 5. The SMILES string of the molecule is CNC(=O)c1cn(C(C)C)c2nc(Nc3cccc(N4CCN(C)CC4)c3)ncc2c1=O. The molecule has 4 rings (SSSR count). The summed E-state index contributed by atoms with van der Waals surface area (Å²) in [6, 6.07) is 8.18. The maximum atomic E-state index is 12.8. The lowest BCUT2D eigenvalue weighted by Crippen LogP contribution is -2.44. The fourth-order valence-electron chi connectivity index (χ4n) is 3.86. The third kappa shape index (κ3) is 4.29. The summed E-state index contributed by atoms with van der Waals surface area (Å²) in [5.74, 6) is -0.0243. The largest absolute Gasteiger partial charge is 0.369 e. The van der Waals surface area contributed by atoms with Crippen LogP contribution in [0.4, 0.5) is 17.3 Å². The quantitative estimate of drug-likeness (QED) is 0.634. The number of anilines is 3. The zero-order chi connectivity index (χ0) is 22.8. The first-order chi connectivity index (χ1) is 15.4. The minimum Gasteiger partial charge on any atom is -0.369 e. The molecule has 0 saturated carbocycles. The van der Waals surface area contributed by atoms with Crippen LogP contribution < -0.4 is 21.0 Å². The lowest BCUT2D eigenvalue weighted by atomic mass is 10.2. The molecule has 0 atom stereocenters. The number of carbonyl (C=O) groups excluding carboxylic acids is 1. The van der Waals surface area contributed by atoms with Gasteiger partial charge in [0.15, 0.2) is 0 Å². The van der Waals surface area contributed by atoms with Gasteiger partial charge in [0.1, 0.15) is 11.2 Å². The van der Waals surface area contributed by atoms with Gasteiger partial charge in [0.2, 0.25) is 11.4 Å². The summed E-state index contributed by atoms with van der Waals surface area (Å²) in [7, 11) is 3.65. The molecule has 0 radical (unpaired) electrons. The number of carbonyl (C=O) groups is 1. The maximum Gasteiger partial charge on any atom is 0.256 e. The molecule has 9 heteroatoms. The van der Waals surface area contributed by atoms with Gasteiger partial charge in [-0.15, -0.1) is 0 Å². The Morgan fingerprint density at radius 2 is 1.91 bits per heavy atom. The molecule has 0 bridgehead atoms. The number of likely N-dealkylation sites (N-methyl/N-ethyl adjacent to an activating group) is 1. The molecule has 1 aromatic carbocycles. The third-order valence-electron chi connectivity index (χ3n) is 5.77. The van der Waals surface area contributed by atoms with Crippen LogP contribution in [-0.2, 0) is 0 Å². The van der Waals surface area contributed by atoms with Gasteiger partial charge in [0.05, 0.1) is 5.39 Å². The van der Waals surface area contributed by atoms with Crippen molar-refractivity contribution in [2.75, 3.05) is 50.5 Å². The summed E-state index contributed by atoms with van der Waals surface area (Å²) in [6.07, 6.45) is 3.06. The van der Waals surface area contributed by atoms with Gasteiger partial charge in [0.25, 0.3) is 5.91 Å². The number of fused-ring (bicyclic) bond motifs is 1. The predicted molar refractivity (Wildman–Crippen MR) is 127 cm³/mol. The van der Waals surface area contributed by atoms with Crippen LogP contribution in [0.5, 0.6) is 0 Å². The van der Waals surface area contributed by atoms with Crippen LogP contribution in [0.15, 0.2) is 41.5 Å². The van der Waals surface area contributed by atoms with E-state index in [0.717, 1.165) is 37.6 Å². The van der Waals surface area contributed by atoms with Gasteiger partial charge in [-0.1, -0.05) is 6.07 Å². The molecule has 0 unspecified atom stereocenters. The number of pyridine rings is 1. The van der Waals surface area contributed by atoms with Crippen molar-refractivity contribution in [2.24, 2.45) is 0 Å². The Morgan fingerprint density at radius 1 is 1.16 bits per heavy atom. The molecule has 1 aliphatic heterocycles. The number of aromatic nitrogens is 3. The number of benzene rings is 1. The van der Waals surface area contributed by atoms with Crippen molar-refractivity contribution in [3.63, 3.8) is 0 Å². The standard InChI is InChI=1S/C23H29N7O2/c1-15(2)30-14-19(22(32)24-3)20(31)18-13-25-23(27-21(18)30)26-16-6-5-7-17(12-16)29-10-8-28(4)9-11-29/h5-7,12-15H,8-11H2,1-4H3,(H,24,32)(H,25,26,27). The van der Waals surface area contributed by atoms with E-state index in [0.29, 0.717) is 17.0 Å². The number of piperazine rings is 1. The van der Waals surface area contributed by atoms with Gasteiger partial charge in [-0.25, -0.2) is 4.98 Å². The molecule has 1 amide bonds. The minimum atomic E-state index is -0.422. The molecule has 2 N–H and O–H groups in total. The van der Waals surface area contributed by atoms with Crippen molar-refractivity contribution in [3.05, 3.63) is 52.4 Å². The van der Waals surface area contributed by atoms with Gasteiger partial charge in [-0.3, -0.25) is 9.59 Å². The first kappa shape index (κ1) is 21.8. The second-order valence-corrected chi connectivity index (χ2v) is 8.35. The zero-order valence-corrected chi connectivity index (χ0v) is 18.9. The number of rotatable bonds is 5. The summed E-state index contributed by atoms with van der Waals surface area (Å²) >= 11 is 0. The Hall–Kier alpha value is -3.46. The molecule has 1 saturated heterocycles. The van der Waals surface area contributed by atoms with Crippen LogP contribution in [0.3, 0.4) is 0 Å². The Bertz CT molecular complexity index is 1200. The van der Waals surface area contributed by atoms with E-state index in [2.05, 4.69) is 49.6 Å². The van der Waals surface area contributed by atoms with E-state index in [9.17, 15) is 9.59 Å². The Balaban J connectivity index is 1.67. The minimum absolute atomic E-state index is 0.00446. The first-order valence-electron chi connectivity index (χ1n) is 10.8. The van der Waals surface area contributed by atoms with Crippen molar-refractivity contribution in [1.82, 2.24) is 24.8 Å². The highest BCUT2D eigenvalue weighted by Gasteiger charge is 2.18. The second-order valence-electron chi connectivity index (χ2n) is 8.35. The summed E-state index contributed by atoms with van der Waals surface area (Å²) in [4.78, 5) is 38.7. The second kappa shape index (κ2) is 8.96. The lowest BCUT2D eigenvalue weighted by Gasteiger charge is -2.34. The highest BCUT2D eigenvalue weighted by atomic mass is 16.2. The van der Waals surface area contributed by atoms with E-state index in [1.54, 1.807) is 6.20 Å². The molecule has 168 valence electrons. The van der Waals surface area contributed by atoms with E-state index < -0.39 is 5.91 Å². The molecule has 3 aromatic rings. The monoisotopic (exact) mass is 435 g/mol. The van der Waals surface area contributed by atoms with E-state index in [4.69, 9.17) is 0 Å². The smallest absolute Gasteiger partial charge is 0.256 e. The van der Waals surface area contributed by atoms with Gasteiger partial charge >= 0.3 is 0 Å². The molecule has 0 spiro atoms. The van der Waals surface area contributed by atoms with Gasteiger partial charge in [-0.05, 0) is 39.1 Å². The number of amides is 1. The molecule has 0 aliphatic carbocycles. The summed E-state index contributed by atoms with van der Waals surface area (Å²) in [5, 5.41) is 6.10. The topological polar surface area (TPSA) is 95.4 Å². The Labute approximate surface area is 187 Å². The third-order valence-corrected chi connectivity index (χ3v) is 5.77. The van der Waals surface area contributed by atoms with Crippen LogP contribution in [-0.4, -0.2) is 65.6 Å². The van der Waals surface area contributed by atoms with Gasteiger partial charge in [-0.2, -0.15) is 4.98 Å². The van der Waals surface area contributed by atoms with Crippen molar-refractivity contribution in [1.29, 1.82) is 0 Å². The van der Waals surface area contributed by atoms with Gasteiger partial charge in [0, 0.05) is 63.0 Å². The summed E-state index contributed by atoms with van der Waals surface area (Å²) in [5.41, 5.74) is 2.22. The normalized spacial score (nSPS) is 14.7. The zero-order valence-electron chi connectivity index (χ0n) is 18.9. The fraction of sp³-hybridized carbons (Fsp3) is 0.391. The molecule has 32 heavy (non-hydrogen) atoms. The van der Waals surface area contributed by atoms with Crippen molar-refractivity contribution in [3.8, 4) is 0 Å². The van der Waals surface area contributed by atoms with Crippen LogP contribution in [0, 0.1) is 0 Å². The lowest BCUT2D eigenvalue weighted by molar-refractivity contribution is 0.0961. The summed E-state index contributed by atoms with van der Waals surface area (Å²) in [6.45, 7) is 8.01. The maximum absolute atomic E-state index is 12.8. The number of hydrogen-bond donors (Lipinski definition) is 2. The highest BCUT2D eigenvalue weighted by molar-refractivity contribution is 5.96. The van der Waals surface area contributed by atoms with Crippen molar-refractivity contribution >= 4 is 34.3 Å². The Kier molecular flexibility index (Phi) is 6.09. The van der Waals surface area contributed by atoms with Crippen LogP contribution in [0.25, 0.3) is 11.0 Å². The Morgan fingerprint density at radius 3 is 2.59 bits per heavy atom. The van der Waals surface area contributed by atoms with Crippen LogP contribution in [0.1, 0.15) is 30.2 Å². The number of hydrogen-bond acceptors (Lipinski definition) is 7. The van der Waals surface area contributed by atoms with E-state index in [1.165, 1.54) is 13.2 Å². The molecule has 1 aliphatic rings. The van der Waals surface area contributed by atoms with Crippen molar-refractivity contribution in [2.45, 2.75) is 19.9 Å². The van der Waals surface area contributed by atoms with Gasteiger partial charge < -0.3 is 25.0 Å². The molecule has 9 nitrogen and oxygen atoms in total. The molecular formula is C23H29N7O2. The summed E-state index contributed by atoms with van der Waals surface area (Å²) < 4.78 is 1.83. The first-order valence-corrected chi connectivity index (χ1v) is 10.8. The van der Waals surface area contributed by atoms with Crippen molar-refractivity contribution < 1.29 is 4.79 Å². The van der Waals surface area contributed by atoms with E-state index in [-0.39, 0.29) is 17.0 Å². The average Bonchev–Trinajstić information content (AvgIpc) is 2.79. The molecule has 3 heterocycles. The predicted octanol–water partition coefficient (Wildman–Crippen LogP) is 2.23. The number of nitrogens with one attached hydrogen (secondary N) is 2. The molecular weight excluding hydrogens is 406 g/mol. The molecule has 2 aromatic heterocycles. The van der Waals surface area contributed by atoms with E-state index in [1.807, 2.05) is 30.5 Å². The average molecular weight is 436 g/mol.